The fourth-order valence-corrected chi connectivity index (χ4v) is 3.36. The molecule has 26 heavy (non-hydrogen) atoms. The number of aliphatic imine (C=N–C) groups is 1. The Hall–Kier alpha value is -1.76. The molecular formula is C19H19Cl2N3O2. The van der Waals surface area contributed by atoms with Crippen molar-refractivity contribution in [2.45, 2.75) is 0 Å². The lowest BCUT2D eigenvalue weighted by Gasteiger charge is -2.39. The molecule has 0 aromatic heterocycles. The van der Waals surface area contributed by atoms with Crippen LogP contribution in [0.25, 0.3) is 0 Å². The van der Waals surface area contributed by atoms with E-state index in [-0.39, 0.29) is 13.1 Å². The van der Waals surface area contributed by atoms with Crippen LogP contribution in [0.5, 0.6) is 0 Å². The highest BCUT2D eigenvalue weighted by Crippen LogP contribution is 2.35. The smallest absolute Gasteiger partial charge is 0.340 e. The van der Waals surface area contributed by atoms with Gasteiger partial charge in [0, 0.05) is 28.2 Å². The van der Waals surface area contributed by atoms with Crippen molar-refractivity contribution in [3.8, 4) is 0 Å². The Morgan fingerprint density at radius 2 is 1.88 bits per heavy atom. The molecule has 1 aliphatic rings. The van der Waals surface area contributed by atoms with E-state index >= 15 is 0 Å². The maximum atomic E-state index is 13.6. The number of amides is 1. The minimum absolute atomic E-state index is 0.103. The molecule has 5 nitrogen and oxygen atoms in total. The molecule has 1 atom stereocenters. The van der Waals surface area contributed by atoms with Crippen molar-refractivity contribution in [3.63, 3.8) is 0 Å². The number of benzodiazepines with no additional fused rings is 1. The van der Waals surface area contributed by atoms with E-state index in [1.807, 2.05) is 37.2 Å². The highest BCUT2D eigenvalue weighted by molar-refractivity contribution is 6.36. The van der Waals surface area contributed by atoms with Crippen molar-refractivity contribution in [3.05, 3.63) is 68.8 Å². The summed E-state index contributed by atoms with van der Waals surface area (Å²) in [6.45, 7) is 0.369. The molecule has 0 radical (unpaired) electrons. The standard InChI is InChI=1S/C19H19Cl2N3O2/c1-23(2)9-10-24(26)17-8-7-13(20)11-15(17)19(22-12-18(24)25)14-5-3-4-6-16(14)21/h3-8,11H,9-10,12H2,1-2H3. The Morgan fingerprint density at radius 3 is 2.58 bits per heavy atom. The van der Waals surface area contributed by atoms with Crippen LogP contribution >= 0.6 is 23.2 Å². The molecule has 0 spiro atoms. The summed E-state index contributed by atoms with van der Waals surface area (Å²) in [6, 6.07) is 12.2. The van der Waals surface area contributed by atoms with Crippen LogP contribution in [0, 0.1) is 5.21 Å². The second-order valence-electron chi connectivity index (χ2n) is 6.47. The Morgan fingerprint density at radius 1 is 1.15 bits per heavy atom. The summed E-state index contributed by atoms with van der Waals surface area (Å²) in [5.74, 6) is -0.502. The van der Waals surface area contributed by atoms with Crippen molar-refractivity contribution in [1.82, 2.24) is 9.55 Å². The molecule has 0 fully saturated rings. The van der Waals surface area contributed by atoms with Crippen LogP contribution in [-0.4, -0.2) is 50.2 Å². The zero-order chi connectivity index (χ0) is 18.9. The van der Waals surface area contributed by atoms with Crippen LogP contribution in [0.3, 0.4) is 0 Å². The van der Waals surface area contributed by atoms with Crippen LogP contribution < -0.4 is 4.65 Å². The van der Waals surface area contributed by atoms with E-state index in [9.17, 15) is 10.0 Å². The van der Waals surface area contributed by atoms with E-state index < -0.39 is 10.6 Å². The molecule has 3 rings (SSSR count). The predicted octanol–water partition coefficient (Wildman–Crippen LogP) is 3.74. The molecule has 1 unspecified atom stereocenters. The first-order chi connectivity index (χ1) is 12.3. The van der Waals surface area contributed by atoms with Crippen LogP contribution in [0.15, 0.2) is 47.5 Å². The molecule has 0 N–H and O–H groups in total. The second kappa shape index (κ2) is 7.47. The van der Waals surface area contributed by atoms with Gasteiger partial charge >= 0.3 is 5.91 Å². The van der Waals surface area contributed by atoms with Gasteiger partial charge in [-0.3, -0.25) is 9.64 Å². The normalized spacial score (nSPS) is 19.9. The third-order valence-electron chi connectivity index (χ3n) is 4.37. The first kappa shape index (κ1) is 19.0. The summed E-state index contributed by atoms with van der Waals surface area (Å²) in [5.41, 5.74) is 2.08. The number of nitrogens with zero attached hydrogens (tertiary/aromatic N) is 3. The highest BCUT2D eigenvalue weighted by Gasteiger charge is 2.36. The van der Waals surface area contributed by atoms with Crippen molar-refractivity contribution >= 4 is 40.5 Å². The number of hydrogen-bond donors (Lipinski definition) is 0. The van der Waals surface area contributed by atoms with E-state index in [4.69, 9.17) is 23.2 Å². The number of carbonyl (C=O) groups excluding carboxylic acids is 1. The van der Waals surface area contributed by atoms with Crippen molar-refractivity contribution in [1.29, 1.82) is 0 Å². The molecular weight excluding hydrogens is 373 g/mol. The summed E-state index contributed by atoms with van der Waals surface area (Å²) in [6.07, 6.45) is 0. The van der Waals surface area contributed by atoms with E-state index in [2.05, 4.69) is 4.99 Å². The zero-order valence-corrected chi connectivity index (χ0v) is 16.1. The molecule has 1 aliphatic heterocycles. The quantitative estimate of drug-likeness (QED) is 0.589. The van der Waals surface area contributed by atoms with Crippen LogP contribution in [0.2, 0.25) is 10.0 Å². The monoisotopic (exact) mass is 391 g/mol. The number of fused-ring (bicyclic) bond motifs is 1. The maximum Gasteiger partial charge on any atom is 0.340 e. The van der Waals surface area contributed by atoms with Gasteiger partial charge in [0.1, 0.15) is 12.2 Å². The largest absolute Gasteiger partial charge is 0.620 e. The van der Waals surface area contributed by atoms with Gasteiger partial charge in [-0.05, 0) is 32.3 Å². The van der Waals surface area contributed by atoms with Crippen LogP contribution in [0.4, 0.5) is 5.69 Å². The summed E-state index contributed by atoms with van der Waals surface area (Å²) >= 11 is 12.5. The SMILES string of the molecule is CN(C)CC[N+]1([O-])C(=O)CN=C(c2ccccc2Cl)c2cc(Cl)ccc21. The number of hydrogen-bond acceptors (Lipinski definition) is 4. The molecule has 0 saturated heterocycles. The second-order valence-corrected chi connectivity index (χ2v) is 7.31. The molecule has 0 saturated carbocycles. The number of carbonyl (C=O) groups is 1. The fourth-order valence-electron chi connectivity index (χ4n) is 2.96. The zero-order valence-electron chi connectivity index (χ0n) is 14.6. The molecule has 136 valence electrons. The molecule has 0 bridgehead atoms. The first-order valence-electron chi connectivity index (χ1n) is 8.20. The minimum Gasteiger partial charge on any atom is -0.620 e. The lowest BCUT2D eigenvalue weighted by molar-refractivity contribution is -0.126. The van der Waals surface area contributed by atoms with E-state index in [1.54, 1.807) is 24.3 Å². The molecule has 2 aromatic carbocycles. The van der Waals surface area contributed by atoms with E-state index in [1.165, 1.54) is 0 Å². The lowest BCUT2D eigenvalue weighted by atomic mass is 10.00. The number of rotatable bonds is 4. The van der Waals surface area contributed by atoms with Gasteiger partial charge in [-0.15, -0.1) is 0 Å². The van der Waals surface area contributed by atoms with Gasteiger partial charge in [0.2, 0.25) is 0 Å². The Balaban J connectivity index is 2.20. The summed E-state index contributed by atoms with van der Waals surface area (Å²) in [5, 5.41) is 14.6. The summed E-state index contributed by atoms with van der Waals surface area (Å²) in [7, 11) is 3.73. The number of likely N-dealkylation sites (N-methyl/N-ethyl adjacent to an activating group) is 1. The van der Waals surface area contributed by atoms with Gasteiger partial charge in [-0.2, -0.15) is 0 Å². The highest BCUT2D eigenvalue weighted by atomic mass is 35.5. The van der Waals surface area contributed by atoms with Gasteiger partial charge in [0.05, 0.1) is 11.3 Å². The number of hydroxylamine groups is 2. The van der Waals surface area contributed by atoms with Crippen LogP contribution in [0.1, 0.15) is 11.1 Å². The minimum atomic E-state index is -1.07. The third kappa shape index (κ3) is 3.54. The van der Waals surface area contributed by atoms with Crippen molar-refractivity contribution < 1.29 is 4.79 Å². The molecule has 7 heteroatoms. The summed E-state index contributed by atoms with van der Waals surface area (Å²) in [4.78, 5) is 19.0. The number of halogens is 2. The van der Waals surface area contributed by atoms with Gasteiger partial charge in [-0.1, -0.05) is 41.4 Å². The third-order valence-corrected chi connectivity index (χ3v) is 4.93. The number of benzene rings is 2. The average molecular weight is 392 g/mol. The molecule has 1 amide bonds. The van der Waals surface area contributed by atoms with Crippen molar-refractivity contribution in [2.24, 2.45) is 4.99 Å². The van der Waals surface area contributed by atoms with Gasteiger partial charge in [0.25, 0.3) is 0 Å². The summed E-state index contributed by atoms with van der Waals surface area (Å²) < 4.78 is -1.07. The van der Waals surface area contributed by atoms with Crippen LogP contribution in [-0.2, 0) is 4.79 Å². The van der Waals surface area contributed by atoms with Crippen molar-refractivity contribution in [2.75, 3.05) is 33.7 Å². The van der Waals surface area contributed by atoms with E-state index in [0.29, 0.717) is 39.1 Å². The topological polar surface area (TPSA) is 55.7 Å². The van der Waals surface area contributed by atoms with Gasteiger partial charge in [0.15, 0.2) is 6.54 Å². The molecule has 2 aromatic rings. The fraction of sp³-hybridized carbons (Fsp3) is 0.263. The van der Waals surface area contributed by atoms with Gasteiger partial charge in [-0.25, -0.2) is 4.79 Å². The molecule has 1 heterocycles. The Labute approximate surface area is 162 Å². The van der Waals surface area contributed by atoms with Gasteiger partial charge < -0.3 is 10.1 Å². The molecule has 0 aliphatic carbocycles. The first-order valence-corrected chi connectivity index (χ1v) is 8.95. The Bertz CT molecular complexity index is 883. The Kier molecular flexibility index (Phi) is 5.46. The maximum absolute atomic E-state index is 13.6. The number of quaternary nitrogens is 1. The van der Waals surface area contributed by atoms with E-state index in [0.717, 1.165) is 0 Å². The average Bonchev–Trinajstić information content (AvgIpc) is 2.70. The lowest BCUT2D eigenvalue weighted by Crippen LogP contribution is -2.53. The predicted molar refractivity (Wildman–Crippen MR) is 107 cm³/mol.